The highest BCUT2D eigenvalue weighted by molar-refractivity contribution is 6.31. The van der Waals surface area contributed by atoms with E-state index in [2.05, 4.69) is 16.0 Å². The lowest BCUT2D eigenvalue weighted by molar-refractivity contribution is 0.0915. The van der Waals surface area contributed by atoms with Gasteiger partial charge in [-0.3, -0.25) is 10.1 Å². The largest absolute Gasteiger partial charge is 0.444 e. The van der Waals surface area contributed by atoms with Gasteiger partial charge in [0.05, 0.1) is 0 Å². The van der Waals surface area contributed by atoms with Crippen LogP contribution in [0.2, 0.25) is 5.02 Å². The SMILES string of the molecule is O=C(Nc1cc(Cl)cc(C(=O)NC2([C@H]3CCNC3)CC2)c1)OCc1ccccc1. The molecule has 7 heteroatoms. The van der Waals surface area contributed by atoms with Crippen molar-refractivity contribution in [3.05, 3.63) is 64.7 Å². The summed E-state index contributed by atoms with van der Waals surface area (Å²) >= 11 is 6.18. The predicted molar refractivity (Wildman–Crippen MR) is 112 cm³/mol. The van der Waals surface area contributed by atoms with E-state index in [-0.39, 0.29) is 18.1 Å². The van der Waals surface area contributed by atoms with Crippen LogP contribution in [0.1, 0.15) is 35.2 Å². The third-order valence-electron chi connectivity index (χ3n) is 5.61. The first-order valence-electron chi connectivity index (χ1n) is 9.86. The molecule has 1 heterocycles. The molecule has 1 saturated heterocycles. The van der Waals surface area contributed by atoms with Crippen molar-refractivity contribution >= 4 is 29.3 Å². The van der Waals surface area contributed by atoms with Gasteiger partial charge in [-0.1, -0.05) is 41.9 Å². The molecule has 1 atom stereocenters. The first-order chi connectivity index (χ1) is 14.0. The van der Waals surface area contributed by atoms with Gasteiger partial charge >= 0.3 is 6.09 Å². The molecule has 3 N–H and O–H groups in total. The topological polar surface area (TPSA) is 79.5 Å². The van der Waals surface area contributed by atoms with Crippen molar-refractivity contribution in [1.29, 1.82) is 0 Å². The maximum Gasteiger partial charge on any atom is 0.411 e. The Bertz CT molecular complexity index is 893. The van der Waals surface area contributed by atoms with Crippen LogP contribution >= 0.6 is 11.6 Å². The summed E-state index contributed by atoms with van der Waals surface area (Å²) in [6.07, 6.45) is 2.49. The number of hydrogen-bond acceptors (Lipinski definition) is 4. The Kier molecular flexibility index (Phi) is 5.74. The fourth-order valence-corrected chi connectivity index (χ4v) is 4.10. The number of carbonyl (C=O) groups excluding carboxylic acids is 2. The average molecular weight is 414 g/mol. The van der Waals surface area contributed by atoms with Gasteiger partial charge in [-0.15, -0.1) is 0 Å². The van der Waals surface area contributed by atoms with Crippen molar-refractivity contribution in [2.24, 2.45) is 5.92 Å². The second-order valence-corrected chi connectivity index (χ2v) is 8.15. The van der Waals surface area contributed by atoms with E-state index in [1.54, 1.807) is 18.2 Å². The minimum Gasteiger partial charge on any atom is -0.444 e. The van der Waals surface area contributed by atoms with Crippen LogP contribution in [0, 0.1) is 5.92 Å². The molecule has 29 heavy (non-hydrogen) atoms. The number of carbonyl (C=O) groups is 2. The highest BCUT2D eigenvalue weighted by Crippen LogP contribution is 2.45. The molecule has 0 bridgehead atoms. The van der Waals surface area contributed by atoms with Crippen LogP contribution in [0.15, 0.2) is 48.5 Å². The van der Waals surface area contributed by atoms with Crippen LogP contribution in [0.5, 0.6) is 0 Å². The van der Waals surface area contributed by atoms with Gasteiger partial charge in [0.2, 0.25) is 0 Å². The average Bonchev–Trinajstić information content (AvgIpc) is 3.26. The number of anilines is 1. The molecule has 2 aromatic rings. The normalized spacial score (nSPS) is 19.4. The molecule has 4 rings (SSSR count). The van der Waals surface area contributed by atoms with E-state index in [0.29, 0.717) is 22.2 Å². The van der Waals surface area contributed by atoms with E-state index in [4.69, 9.17) is 16.3 Å². The first-order valence-corrected chi connectivity index (χ1v) is 10.2. The highest BCUT2D eigenvalue weighted by atomic mass is 35.5. The van der Waals surface area contributed by atoms with Gasteiger partial charge in [0.25, 0.3) is 5.91 Å². The van der Waals surface area contributed by atoms with E-state index in [1.165, 1.54) is 0 Å². The maximum atomic E-state index is 12.8. The molecule has 6 nitrogen and oxygen atoms in total. The molecule has 152 valence electrons. The van der Waals surface area contributed by atoms with Gasteiger partial charge in [-0.2, -0.15) is 0 Å². The van der Waals surface area contributed by atoms with Crippen LogP contribution in [0.3, 0.4) is 0 Å². The Balaban J connectivity index is 1.38. The Hall–Kier alpha value is -2.57. The molecular formula is C22H24ClN3O3. The Morgan fingerprint density at radius 3 is 2.66 bits per heavy atom. The summed E-state index contributed by atoms with van der Waals surface area (Å²) in [6, 6.07) is 14.2. The fourth-order valence-electron chi connectivity index (χ4n) is 3.86. The first kappa shape index (κ1) is 19.7. The predicted octanol–water partition coefficient (Wildman–Crippen LogP) is 3.96. The number of ether oxygens (including phenoxy) is 1. The molecule has 1 aliphatic heterocycles. The third-order valence-corrected chi connectivity index (χ3v) is 5.83. The van der Waals surface area contributed by atoms with Crippen LogP contribution in [-0.2, 0) is 11.3 Å². The van der Waals surface area contributed by atoms with Gasteiger partial charge in [0.1, 0.15) is 6.61 Å². The summed E-state index contributed by atoms with van der Waals surface area (Å²) in [5.41, 5.74) is 1.64. The zero-order chi connectivity index (χ0) is 20.3. The second kappa shape index (κ2) is 8.43. The van der Waals surface area contributed by atoms with E-state index in [1.807, 2.05) is 30.3 Å². The molecule has 2 fully saturated rings. The van der Waals surface area contributed by atoms with Gasteiger partial charge in [-0.25, -0.2) is 4.79 Å². The van der Waals surface area contributed by atoms with Gasteiger partial charge in [0.15, 0.2) is 0 Å². The summed E-state index contributed by atoms with van der Waals surface area (Å²) in [5, 5.41) is 9.58. The fraction of sp³-hybridized carbons (Fsp3) is 0.364. The maximum absolute atomic E-state index is 12.8. The third kappa shape index (κ3) is 4.89. The Morgan fingerprint density at radius 1 is 1.17 bits per heavy atom. The van der Waals surface area contributed by atoms with Crippen molar-refractivity contribution < 1.29 is 14.3 Å². The lowest BCUT2D eigenvalue weighted by atomic mass is 9.96. The van der Waals surface area contributed by atoms with E-state index in [0.717, 1.165) is 37.9 Å². The lowest BCUT2D eigenvalue weighted by Gasteiger charge is -2.24. The van der Waals surface area contributed by atoms with Crippen molar-refractivity contribution in [1.82, 2.24) is 10.6 Å². The Labute approximate surface area is 175 Å². The summed E-state index contributed by atoms with van der Waals surface area (Å²) < 4.78 is 5.23. The zero-order valence-electron chi connectivity index (χ0n) is 16.0. The van der Waals surface area contributed by atoms with Crippen LogP contribution < -0.4 is 16.0 Å². The number of rotatable bonds is 6. The van der Waals surface area contributed by atoms with Crippen molar-refractivity contribution in [3.63, 3.8) is 0 Å². The van der Waals surface area contributed by atoms with E-state index < -0.39 is 6.09 Å². The standard InChI is InChI=1S/C22H24ClN3O3/c23-18-10-16(20(27)26-22(7-8-22)17-6-9-24-13-17)11-19(12-18)25-21(28)29-14-15-4-2-1-3-5-15/h1-5,10-12,17,24H,6-9,13-14H2,(H,25,28)(H,26,27)/t17-/m0/s1. The van der Waals surface area contributed by atoms with Crippen LogP contribution in [0.4, 0.5) is 10.5 Å². The number of amides is 2. The van der Waals surface area contributed by atoms with E-state index in [9.17, 15) is 9.59 Å². The number of nitrogens with one attached hydrogen (secondary N) is 3. The summed E-state index contributed by atoms with van der Waals surface area (Å²) in [6.45, 7) is 2.10. The number of halogens is 1. The summed E-state index contributed by atoms with van der Waals surface area (Å²) in [4.78, 5) is 24.9. The van der Waals surface area contributed by atoms with Crippen LogP contribution in [0.25, 0.3) is 0 Å². The smallest absolute Gasteiger partial charge is 0.411 e. The van der Waals surface area contributed by atoms with Crippen molar-refractivity contribution in [2.75, 3.05) is 18.4 Å². The molecule has 2 aromatic carbocycles. The highest BCUT2D eigenvalue weighted by Gasteiger charge is 2.51. The molecule has 0 unspecified atom stereocenters. The van der Waals surface area contributed by atoms with Crippen molar-refractivity contribution in [2.45, 2.75) is 31.4 Å². The summed E-state index contributed by atoms with van der Waals surface area (Å²) in [5.74, 6) is 0.300. The molecule has 2 amide bonds. The monoisotopic (exact) mass is 413 g/mol. The molecule has 0 radical (unpaired) electrons. The van der Waals surface area contributed by atoms with Crippen LogP contribution in [-0.4, -0.2) is 30.6 Å². The minimum absolute atomic E-state index is 0.106. The van der Waals surface area contributed by atoms with Gasteiger partial charge in [0, 0.05) is 28.4 Å². The molecular weight excluding hydrogens is 390 g/mol. The molecule has 0 spiro atoms. The molecule has 2 aliphatic rings. The molecule has 1 saturated carbocycles. The van der Waals surface area contributed by atoms with Gasteiger partial charge in [-0.05, 0) is 55.5 Å². The second-order valence-electron chi connectivity index (χ2n) is 7.72. The number of benzene rings is 2. The summed E-state index contributed by atoms with van der Waals surface area (Å²) in [7, 11) is 0. The minimum atomic E-state index is -0.599. The lowest BCUT2D eigenvalue weighted by Crippen LogP contribution is -2.43. The quantitative estimate of drug-likeness (QED) is 0.669. The molecule has 1 aliphatic carbocycles. The number of hydrogen-bond donors (Lipinski definition) is 3. The Morgan fingerprint density at radius 2 is 1.97 bits per heavy atom. The van der Waals surface area contributed by atoms with E-state index >= 15 is 0 Å². The van der Waals surface area contributed by atoms with Crippen molar-refractivity contribution in [3.8, 4) is 0 Å². The zero-order valence-corrected chi connectivity index (χ0v) is 16.8. The molecule has 0 aromatic heterocycles. The van der Waals surface area contributed by atoms with Gasteiger partial charge < -0.3 is 15.4 Å².